The smallest absolute Gasteiger partial charge is 0.373 e. The maximum atomic E-state index is 12.0. The van der Waals surface area contributed by atoms with Gasteiger partial charge in [0.25, 0.3) is 0 Å². The highest BCUT2D eigenvalue weighted by Crippen LogP contribution is 2.22. The van der Waals surface area contributed by atoms with Crippen LogP contribution in [0, 0.1) is 0 Å². The van der Waals surface area contributed by atoms with E-state index in [-0.39, 0.29) is 17.8 Å². The number of phenols is 1. The Labute approximate surface area is 167 Å². The largest absolute Gasteiger partial charge is 0.508 e. The molecule has 0 fully saturated rings. The summed E-state index contributed by atoms with van der Waals surface area (Å²) in [6, 6.07) is 22.3. The quantitative estimate of drug-likeness (QED) is 0.655. The average Bonchev–Trinajstić information content (AvgIpc) is 2.68. The molecule has 1 amide bonds. The van der Waals surface area contributed by atoms with Crippen LogP contribution in [0.5, 0.6) is 5.75 Å². The lowest BCUT2D eigenvalue weighted by atomic mass is 10.0. The summed E-state index contributed by atoms with van der Waals surface area (Å²) in [6.45, 7) is 0. The second-order valence-electron chi connectivity index (χ2n) is 5.89. The van der Waals surface area contributed by atoms with Crippen LogP contribution in [0.25, 0.3) is 11.1 Å². The highest BCUT2D eigenvalue weighted by molar-refractivity contribution is 6.30. The molecule has 6 heteroatoms. The SMILES string of the molecule is O=C(CCc1ccc(-c2ccc(O)cc2)cc1)Nc1cccc(Cl)c1.O=C=O. The van der Waals surface area contributed by atoms with Gasteiger partial charge in [-0.05, 0) is 53.4 Å². The number of amides is 1. The lowest BCUT2D eigenvalue weighted by Gasteiger charge is -2.07. The van der Waals surface area contributed by atoms with Gasteiger partial charge in [0, 0.05) is 17.1 Å². The first-order valence-electron chi connectivity index (χ1n) is 8.45. The van der Waals surface area contributed by atoms with Crippen molar-refractivity contribution in [3.63, 3.8) is 0 Å². The van der Waals surface area contributed by atoms with Crippen LogP contribution in [0.4, 0.5) is 5.69 Å². The molecule has 2 N–H and O–H groups in total. The fraction of sp³-hybridized carbons (Fsp3) is 0.0909. The van der Waals surface area contributed by atoms with Crippen molar-refractivity contribution in [2.45, 2.75) is 12.8 Å². The predicted molar refractivity (Wildman–Crippen MR) is 107 cm³/mol. The summed E-state index contributed by atoms with van der Waals surface area (Å²) in [7, 11) is 0. The van der Waals surface area contributed by atoms with Crippen molar-refractivity contribution >= 4 is 29.3 Å². The minimum atomic E-state index is -0.0372. The van der Waals surface area contributed by atoms with Crippen LogP contribution < -0.4 is 5.32 Å². The fourth-order valence-electron chi connectivity index (χ4n) is 2.57. The Kier molecular flexibility index (Phi) is 7.97. The number of benzene rings is 3. The van der Waals surface area contributed by atoms with E-state index in [2.05, 4.69) is 5.32 Å². The van der Waals surface area contributed by atoms with Gasteiger partial charge in [-0.1, -0.05) is 54.1 Å². The Morgan fingerprint density at radius 3 is 2.07 bits per heavy atom. The summed E-state index contributed by atoms with van der Waals surface area (Å²) in [6.07, 6.45) is 1.33. The summed E-state index contributed by atoms with van der Waals surface area (Å²) in [5.74, 6) is 0.218. The average molecular weight is 396 g/mol. The molecular formula is C22H18ClNO4. The number of rotatable bonds is 5. The van der Waals surface area contributed by atoms with Crippen LogP contribution in [0.2, 0.25) is 5.02 Å². The summed E-state index contributed by atoms with van der Waals surface area (Å²) in [5, 5.41) is 12.8. The van der Waals surface area contributed by atoms with E-state index in [1.165, 1.54) is 0 Å². The monoisotopic (exact) mass is 395 g/mol. The van der Waals surface area contributed by atoms with Gasteiger partial charge in [-0.25, -0.2) is 0 Å². The normalized spacial score (nSPS) is 9.61. The molecule has 0 radical (unpaired) electrons. The molecule has 3 rings (SSSR count). The van der Waals surface area contributed by atoms with E-state index in [0.717, 1.165) is 16.7 Å². The van der Waals surface area contributed by atoms with Gasteiger partial charge in [0.15, 0.2) is 0 Å². The molecule has 0 atom stereocenters. The first-order valence-corrected chi connectivity index (χ1v) is 8.82. The molecule has 0 aromatic heterocycles. The maximum absolute atomic E-state index is 12.0. The number of halogens is 1. The van der Waals surface area contributed by atoms with Gasteiger partial charge in [0.2, 0.25) is 5.91 Å². The number of anilines is 1. The molecule has 28 heavy (non-hydrogen) atoms. The van der Waals surface area contributed by atoms with Crippen LogP contribution in [-0.2, 0) is 20.8 Å². The van der Waals surface area contributed by atoms with Crippen LogP contribution in [0.3, 0.4) is 0 Å². The molecule has 0 aliphatic rings. The third kappa shape index (κ3) is 6.72. The van der Waals surface area contributed by atoms with Crippen molar-refractivity contribution in [1.82, 2.24) is 0 Å². The van der Waals surface area contributed by atoms with E-state index in [1.54, 1.807) is 30.3 Å². The van der Waals surface area contributed by atoms with Crippen molar-refractivity contribution in [2.24, 2.45) is 0 Å². The lowest BCUT2D eigenvalue weighted by Crippen LogP contribution is -2.12. The molecule has 0 saturated carbocycles. The van der Waals surface area contributed by atoms with Crippen molar-refractivity contribution in [1.29, 1.82) is 0 Å². The van der Waals surface area contributed by atoms with Gasteiger partial charge >= 0.3 is 6.15 Å². The van der Waals surface area contributed by atoms with Crippen molar-refractivity contribution in [3.05, 3.63) is 83.4 Å². The fourth-order valence-corrected chi connectivity index (χ4v) is 2.76. The molecular weight excluding hydrogens is 378 g/mol. The minimum Gasteiger partial charge on any atom is -0.508 e. The molecule has 0 aliphatic heterocycles. The van der Waals surface area contributed by atoms with E-state index >= 15 is 0 Å². The first kappa shape index (κ1) is 20.9. The van der Waals surface area contributed by atoms with E-state index < -0.39 is 0 Å². The molecule has 0 spiro atoms. The number of carbonyl (C=O) groups excluding carboxylic acids is 3. The zero-order chi connectivity index (χ0) is 20.4. The molecule has 0 heterocycles. The molecule has 0 aliphatic carbocycles. The van der Waals surface area contributed by atoms with Gasteiger partial charge in [-0.15, -0.1) is 0 Å². The highest BCUT2D eigenvalue weighted by Gasteiger charge is 2.04. The van der Waals surface area contributed by atoms with E-state index in [1.807, 2.05) is 42.5 Å². The van der Waals surface area contributed by atoms with Gasteiger partial charge < -0.3 is 10.4 Å². The standard InChI is InChI=1S/C21H18ClNO2.CO2/c22-18-2-1-3-19(14-18)23-21(25)13-6-15-4-7-16(8-5-15)17-9-11-20(24)12-10-17;2-1-3/h1-5,7-12,14,24H,6,13H2,(H,23,25);. The van der Waals surface area contributed by atoms with E-state index in [9.17, 15) is 9.90 Å². The number of hydrogen-bond donors (Lipinski definition) is 2. The molecule has 5 nitrogen and oxygen atoms in total. The molecule has 0 unspecified atom stereocenters. The van der Waals surface area contributed by atoms with Crippen LogP contribution in [0.1, 0.15) is 12.0 Å². The first-order chi connectivity index (χ1) is 13.5. The maximum Gasteiger partial charge on any atom is 0.373 e. The summed E-state index contributed by atoms with van der Waals surface area (Å²) in [5.41, 5.74) is 3.93. The number of carbonyl (C=O) groups is 1. The Morgan fingerprint density at radius 1 is 0.929 bits per heavy atom. The number of phenolic OH excluding ortho intramolecular Hbond substituents is 1. The Hall–Kier alpha value is -3.40. The van der Waals surface area contributed by atoms with Crippen LogP contribution >= 0.6 is 11.6 Å². The number of hydrogen-bond acceptors (Lipinski definition) is 4. The minimum absolute atomic E-state index is 0.0372. The number of aromatic hydroxyl groups is 1. The number of aryl methyl sites for hydroxylation is 1. The second kappa shape index (κ2) is 10.7. The Morgan fingerprint density at radius 2 is 1.50 bits per heavy atom. The van der Waals surface area contributed by atoms with E-state index in [0.29, 0.717) is 23.6 Å². The van der Waals surface area contributed by atoms with E-state index in [4.69, 9.17) is 21.2 Å². The predicted octanol–water partition coefficient (Wildman–Crippen LogP) is 4.70. The van der Waals surface area contributed by atoms with Crippen molar-refractivity contribution < 1.29 is 19.5 Å². The molecule has 0 bridgehead atoms. The summed E-state index contributed by atoms with van der Waals surface area (Å²) >= 11 is 5.91. The molecule has 3 aromatic rings. The molecule has 142 valence electrons. The topological polar surface area (TPSA) is 83.5 Å². The molecule has 0 saturated heterocycles. The molecule has 3 aromatic carbocycles. The third-order valence-electron chi connectivity index (χ3n) is 3.90. The Bertz CT molecular complexity index is 947. The number of nitrogens with one attached hydrogen (secondary N) is 1. The summed E-state index contributed by atoms with van der Waals surface area (Å²) < 4.78 is 0. The summed E-state index contributed by atoms with van der Waals surface area (Å²) in [4.78, 5) is 28.3. The Balaban J connectivity index is 0.000000878. The van der Waals surface area contributed by atoms with Gasteiger partial charge in [-0.2, -0.15) is 9.59 Å². The van der Waals surface area contributed by atoms with Crippen molar-refractivity contribution in [3.8, 4) is 16.9 Å². The zero-order valence-electron chi connectivity index (χ0n) is 14.9. The highest BCUT2D eigenvalue weighted by atomic mass is 35.5. The van der Waals surface area contributed by atoms with Crippen LogP contribution in [0.15, 0.2) is 72.8 Å². The van der Waals surface area contributed by atoms with Crippen molar-refractivity contribution in [2.75, 3.05) is 5.32 Å². The second-order valence-corrected chi connectivity index (χ2v) is 6.32. The third-order valence-corrected chi connectivity index (χ3v) is 4.14. The zero-order valence-corrected chi connectivity index (χ0v) is 15.6. The van der Waals surface area contributed by atoms with Crippen LogP contribution in [-0.4, -0.2) is 17.2 Å². The lowest BCUT2D eigenvalue weighted by molar-refractivity contribution is -0.191. The van der Waals surface area contributed by atoms with Gasteiger partial charge in [-0.3, -0.25) is 4.79 Å². The van der Waals surface area contributed by atoms with Gasteiger partial charge in [0.05, 0.1) is 0 Å². The van der Waals surface area contributed by atoms with Gasteiger partial charge in [0.1, 0.15) is 5.75 Å².